The molecule has 4 nitrogen and oxygen atoms in total. The molecule has 0 aliphatic carbocycles. The molecule has 0 aliphatic rings. The lowest BCUT2D eigenvalue weighted by atomic mass is 10.2. The molecule has 0 saturated heterocycles. The molecule has 0 bridgehead atoms. The Morgan fingerprint density at radius 1 is 1.65 bits per heavy atom. The van der Waals surface area contributed by atoms with Crippen LogP contribution in [0.5, 0.6) is 5.75 Å². The van der Waals surface area contributed by atoms with Gasteiger partial charge < -0.3 is 10.1 Å². The van der Waals surface area contributed by atoms with Crippen molar-refractivity contribution >= 4 is 5.91 Å². The molecule has 0 spiro atoms. The molecule has 1 heterocycles. The van der Waals surface area contributed by atoms with E-state index in [-0.39, 0.29) is 18.2 Å². The molecule has 1 aromatic heterocycles. The number of ether oxygens (including phenoxy) is 1. The summed E-state index contributed by atoms with van der Waals surface area (Å²) in [7, 11) is 0. The lowest BCUT2D eigenvalue weighted by Crippen LogP contribution is -2.20. The van der Waals surface area contributed by atoms with Gasteiger partial charge in [-0.2, -0.15) is 0 Å². The van der Waals surface area contributed by atoms with Gasteiger partial charge in [-0.25, -0.2) is 8.78 Å². The van der Waals surface area contributed by atoms with Crippen molar-refractivity contribution in [3.8, 4) is 5.75 Å². The average Bonchev–Trinajstić information content (AvgIpc) is 2.34. The van der Waals surface area contributed by atoms with E-state index in [9.17, 15) is 13.6 Å². The molecule has 6 heteroatoms. The van der Waals surface area contributed by atoms with Crippen LogP contribution in [0.25, 0.3) is 0 Å². The Balaban J connectivity index is 2.63. The molecule has 92 valence electrons. The first-order chi connectivity index (χ1) is 8.13. The molecular formula is C11H12F2N2O2. The van der Waals surface area contributed by atoms with Gasteiger partial charge in [-0.3, -0.25) is 9.78 Å². The highest BCUT2D eigenvalue weighted by Crippen LogP contribution is 2.16. The molecule has 0 fully saturated rings. The van der Waals surface area contributed by atoms with Crippen LogP contribution >= 0.6 is 0 Å². The first-order valence-corrected chi connectivity index (χ1v) is 4.87. The molecular weight excluding hydrogens is 230 g/mol. The summed E-state index contributed by atoms with van der Waals surface area (Å²) in [5, 5.41) is 2.52. The standard InChI is InChI=1S/C11H12F2N2O2/c1-2-11(16)15-5-8-3-4-14-6-9(8)17-7-10(12)13/h2-4,6,10H,1,5,7H2,(H,15,16). The van der Waals surface area contributed by atoms with Gasteiger partial charge in [0.2, 0.25) is 5.91 Å². The predicted molar refractivity (Wildman–Crippen MR) is 57.8 cm³/mol. The number of halogens is 2. The summed E-state index contributed by atoms with van der Waals surface area (Å²) < 4.78 is 28.9. The van der Waals surface area contributed by atoms with Gasteiger partial charge in [0.05, 0.1) is 6.20 Å². The van der Waals surface area contributed by atoms with Gasteiger partial charge in [0.15, 0.2) is 0 Å². The monoisotopic (exact) mass is 242 g/mol. The Morgan fingerprint density at radius 3 is 3.06 bits per heavy atom. The topological polar surface area (TPSA) is 51.2 Å². The Kier molecular flexibility index (Phi) is 5.06. The fourth-order valence-electron chi connectivity index (χ4n) is 1.09. The van der Waals surface area contributed by atoms with Crippen molar-refractivity contribution in [2.75, 3.05) is 6.61 Å². The van der Waals surface area contributed by atoms with Crippen molar-refractivity contribution in [3.63, 3.8) is 0 Å². The van der Waals surface area contributed by atoms with Crippen LogP contribution in [-0.4, -0.2) is 23.9 Å². The molecule has 17 heavy (non-hydrogen) atoms. The summed E-state index contributed by atoms with van der Waals surface area (Å²) in [5.41, 5.74) is 0.579. The Hall–Kier alpha value is -1.98. The van der Waals surface area contributed by atoms with E-state index in [0.717, 1.165) is 6.08 Å². The molecule has 0 atom stereocenters. The molecule has 1 aromatic rings. The van der Waals surface area contributed by atoms with E-state index in [2.05, 4.69) is 16.9 Å². The third kappa shape index (κ3) is 4.58. The van der Waals surface area contributed by atoms with Crippen molar-refractivity contribution in [2.24, 2.45) is 0 Å². The van der Waals surface area contributed by atoms with Gasteiger partial charge in [-0.05, 0) is 12.1 Å². The number of alkyl halides is 2. The van der Waals surface area contributed by atoms with E-state index in [1.165, 1.54) is 12.4 Å². The maximum atomic E-state index is 12.0. The smallest absolute Gasteiger partial charge is 0.272 e. The fourth-order valence-corrected chi connectivity index (χ4v) is 1.09. The number of hydrogen-bond acceptors (Lipinski definition) is 3. The zero-order valence-corrected chi connectivity index (χ0v) is 9.03. The van der Waals surface area contributed by atoms with E-state index in [1.807, 2.05) is 0 Å². The zero-order chi connectivity index (χ0) is 12.7. The van der Waals surface area contributed by atoms with Crippen molar-refractivity contribution < 1.29 is 18.3 Å². The average molecular weight is 242 g/mol. The summed E-state index contributed by atoms with van der Waals surface area (Å²) in [6.07, 6.45) is 1.40. The van der Waals surface area contributed by atoms with E-state index in [1.54, 1.807) is 6.07 Å². The summed E-state index contributed by atoms with van der Waals surface area (Å²) in [6.45, 7) is 2.77. The van der Waals surface area contributed by atoms with Gasteiger partial charge in [0.25, 0.3) is 6.43 Å². The summed E-state index contributed by atoms with van der Waals surface area (Å²) in [4.78, 5) is 14.7. The SMILES string of the molecule is C=CC(=O)NCc1ccncc1OCC(F)F. The fraction of sp³-hybridized carbons (Fsp3) is 0.273. The van der Waals surface area contributed by atoms with Crippen LogP contribution in [-0.2, 0) is 11.3 Å². The van der Waals surface area contributed by atoms with Gasteiger partial charge in [0, 0.05) is 18.3 Å². The van der Waals surface area contributed by atoms with Gasteiger partial charge in [-0.15, -0.1) is 0 Å². The van der Waals surface area contributed by atoms with Crippen molar-refractivity contribution in [1.29, 1.82) is 0 Å². The number of aromatic nitrogens is 1. The normalized spacial score (nSPS) is 10.1. The first kappa shape index (κ1) is 13.1. The molecule has 0 unspecified atom stereocenters. The minimum Gasteiger partial charge on any atom is -0.486 e. The second-order valence-corrected chi connectivity index (χ2v) is 3.11. The number of nitrogens with zero attached hydrogens (tertiary/aromatic N) is 1. The van der Waals surface area contributed by atoms with Crippen LogP contribution < -0.4 is 10.1 Å². The number of pyridine rings is 1. The van der Waals surface area contributed by atoms with Crippen LogP contribution in [0.15, 0.2) is 31.1 Å². The largest absolute Gasteiger partial charge is 0.486 e. The lowest BCUT2D eigenvalue weighted by Gasteiger charge is -2.10. The maximum absolute atomic E-state index is 12.0. The molecule has 1 amide bonds. The molecule has 1 N–H and O–H groups in total. The molecule has 0 aromatic carbocycles. The van der Waals surface area contributed by atoms with Gasteiger partial charge >= 0.3 is 0 Å². The second kappa shape index (κ2) is 6.57. The minimum atomic E-state index is -2.55. The number of amides is 1. The highest BCUT2D eigenvalue weighted by molar-refractivity contribution is 5.86. The quantitative estimate of drug-likeness (QED) is 0.769. The molecule has 1 rings (SSSR count). The predicted octanol–water partition coefficient (Wildman–Crippen LogP) is 1.53. The molecule has 0 saturated carbocycles. The van der Waals surface area contributed by atoms with Crippen LogP contribution in [0.1, 0.15) is 5.56 Å². The summed E-state index contributed by atoms with van der Waals surface area (Å²) in [5.74, 6) is -0.112. The van der Waals surface area contributed by atoms with E-state index in [4.69, 9.17) is 4.74 Å². The van der Waals surface area contributed by atoms with E-state index in [0.29, 0.717) is 5.56 Å². The van der Waals surface area contributed by atoms with Gasteiger partial charge in [-0.1, -0.05) is 6.58 Å². The van der Waals surface area contributed by atoms with Crippen molar-refractivity contribution in [1.82, 2.24) is 10.3 Å². The highest BCUT2D eigenvalue weighted by atomic mass is 19.3. The van der Waals surface area contributed by atoms with Crippen molar-refractivity contribution in [3.05, 3.63) is 36.7 Å². The maximum Gasteiger partial charge on any atom is 0.272 e. The van der Waals surface area contributed by atoms with Gasteiger partial charge in [0.1, 0.15) is 12.4 Å². The minimum absolute atomic E-state index is 0.173. The number of carbonyl (C=O) groups is 1. The Morgan fingerprint density at radius 2 is 2.41 bits per heavy atom. The number of carbonyl (C=O) groups excluding carboxylic acids is 1. The second-order valence-electron chi connectivity index (χ2n) is 3.11. The number of nitrogens with one attached hydrogen (secondary N) is 1. The summed E-state index contributed by atoms with van der Waals surface area (Å²) in [6, 6.07) is 1.59. The van der Waals surface area contributed by atoms with Crippen LogP contribution in [0.3, 0.4) is 0 Å². The number of rotatable bonds is 6. The summed E-state index contributed by atoms with van der Waals surface area (Å²) >= 11 is 0. The van der Waals surface area contributed by atoms with E-state index < -0.39 is 13.0 Å². The number of hydrogen-bond donors (Lipinski definition) is 1. The Labute approximate surface area is 97.3 Å². The molecule has 0 radical (unpaired) electrons. The van der Waals surface area contributed by atoms with Crippen LogP contribution in [0.4, 0.5) is 8.78 Å². The Bertz CT molecular complexity index is 397. The third-order valence-corrected chi connectivity index (χ3v) is 1.87. The molecule has 0 aliphatic heterocycles. The zero-order valence-electron chi connectivity index (χ0n) is 9.03. The van der Waals surface area contributed by atoms with Crippen LogP contribution in [0, 0.1) is 0 Å². The van der Waals surface area contributed by atoms with E-state index >= 15 is 0 Å². The third-order valence-electron chi connectivity index (χ3n) is 1.87. The first-order valence-electron chi connectivity index (χ1n) is 4.87. The lowest BCUT2D eigenvalue weighted by molar-refractivity contribution is -0.116. The van der Waals surface area contributed by atoms with Crippen LogP contribution in [0.2, 0.25) is 0 Å². The highest BCUT2D eigenvalue weighted by Gasteiger charge is 2.08. The van der Waals surface area contributed by atoms with Crippen molar-refractivity contribution in [2.45, 2.75) is 13.0 Å².